The quantitative estimate of drug-likeness (QED) is 0.910. The van der Waals surface area contributed by atoms with Crippen molar-refractivity contribution in [2.24, 2.45) is 0 Å². The van der Waals surface area contributed by atoms with Crippen LogP contribution in [0.4, 0.5) is 0 Å². The van der Waals surface area contributed by atoms with E-state index in [4.69, 9.17) is 14.2 Å². The number of hydrogen-bond acceptors (Lipinski definition) is 4. The lowest BCUT2D eigenvalue weighted by molar-refractivity contribution is -0.0944. The second-order valence-electron chi connectivity index (χ2n) is 5.03. The molecule has 0 radical (unpaired) electrons. The van der Waals surface area contributed by atoms with Gasteiger partial charge in [-0.1, -0.05) is 13.0 Å². The van der Waals surface area contributed by atoms with Crippen LogP contribution >= 0.6 is 0 Å². The Morgan fingerprint density at radius 1 is 1.32 bits per heavy atom. The second kappa shape index (κ2) is 5.80. The summed E-state index contributed by atoms with van der Waals surface area (Å²) in [5.74, 6) is 1.44. The molecule has 4 nitrogen and oxygen atoms in total. The van der Waals surface area contributed by atoms with E-state index in [2.05, 4.69) is 0 Å². The second-order valence-corrected chi connectivity index (χ2v) is 5.03. The standard InChI is InChI=1S/C15H22O4/c1-4-15(2,17-3)14(16)11-6-7-12-13(10-11)19-9-5-8-18-12/h6-7,10,14,16H,4-5,8-9H2,1-3H3. The van der Waals surface area contributed by atoms with Crippen molar-refractivity contribution in [2.45, 2.75) is 38.4 Å². The molecule has 1 aromatic rings. The van der Waals surface area contributed by atoms with Gasteiger partial charge in [0.05, 0.1) is 18.8 Å². The molecule has 0 bridgehead atoms. The topological polar surface area (TPSA) is 47.9 Å². The van der Waals surface area contributed by atoms with Crippen LogP contribution < -0.4 is 9.47 Å². The molecule has 1 aromatic carbocycles. The summed E-state index contributed by atoms with van der Waals surface area (Å²) in [6.07, 6.45) is 0.899. The number of rotatable bonds is 4. The van der Waals surface area contributed by atoms with E-state index in [0.717, 1.165) is 24.2 Å². The van der Waals surface area contributed by atoms with E-state index in [-0.39, 0.29) is 0 Å². The summed E-state index contributed by atoms with van der Waals surface area (Å²) >= 11 is 0. The molecule has 1 heterocycles. The van der Waals surface area contributed by atoms with Gasteiger partial charge in [-0.2, -0.15) is 0 Å². The molecule has 106 valence electrons. The van der Waals surface area contributed by atoms with Gasteiger partial charge in [-0.25, -0.2) is 0 Å². The monoisotopic (exact) mass is 266 g/mol. The molecule has 2 unspecified atom stereocenters. The molecular weight excluding hydrogens is 244 g/mol. The first-order valence-corrected chi connectivity index (χ1v) is 6.73. The molecule has 4 heteroatoms. The van der Waals surface area contributed by atoms with Gasteiger partial charge in [-0.15, -0.1) is 0 Å². The average molecular weight is 266 g/mol. The summed E-state index contributed by atoms with van der Waals surface area (Å²) in [6.45, 7) is 5.21. The predicted molar refractivity (Wildman–Crippen MR) is 72.7 cm³/mol. The minimum atomic E-state index is -0.695. The third-order valence-corrected chi connectivity index (χ3v) is 3.83. The zero-order chi connectivity index (χ0) is 13.9. The summed E-state index contributed by atoms with van der Waals surface area (Å²) < 4.78 is 16.7. The summed E-state index contributed by atoms with van der Waals surface area (Å²) in [5, 5.41) is 10.5. The molecule has 2 atom stereocenters. The van der Waals surface area contributed by atoms with Gasteiger partial charge >= 0.3 is 0 Å². The van der Waals surface area contributed by atoms with Crippen LogP contribution in [-0.4, -0.2) is 31.0 Å². The van der Waals surface area contributed by atoms with Crippen molar-refractivity contribution < 1.29 is 19.3 Å². The molecule has 0 saturated heterocycles. The first kappa shape index (κ1) is 14.2. The van der Waals surface area contributed by atoms with Crippen molar-refractivity contribution in [2.75, 3.05) is 20.3 Å². The van der Waals surface area contributed by atoms with E-state index < -0.39 is 11.7 Å². The smallest absolute Gasteiger partial charge is 0.161 e. The van der Waals surface area contributed by atoms with Crippen molar-refractivity contribution in [3.05, 3.63) is 23.8 Å². The fraction of sp³-hybridized carbons (Fsp3) is 0.600. The van der Waals surface area contributed by atoms with Crippen molar-refractivity contribution in [3.8, 4) is 11.5 Å². The van der Waals surface area contributed by atoms with Gasteiger partial charge in [0, 0.05) is 13.5 Å². The first-order chi connectivity index (χ1) is 9.10. The number of methoxy groups -OCH3 is 1. The fourth-order valence-corrected chi connectivity index (χ4v) is 2.15. The highest BCUT2D eigenvalue weighted by atomic mass is 16.5. The van der Waals surface area contributed by atoms with Crippen LogP contribution in [0.2, 0.25) is 0 Å². The lowest BCUT2D eigenvalue weighted by Gasteiger charge is -2.32. The number of benzene rings is 1. The van der Waals surface area contributed by atoms with Crippen molar-refractivity contribution >= 4 is 0 Å². The van der Waals surface area contributed by atoms with Crippen LogP contribution in [0.25, 0.3) is 0 Å². The van der Waals surface area contributed by atoms with E-state index in [1.54, 1.807) is 7.11 Å². The van der Waals surface area contributed by atoms with Crippen molar-refractivity contribution in [1.82, 2.24) is 0 Å². The van der Waals surface area contributed by atoms with Crippen LogP contribution in [0.1, 0.15) is 38.4 Å². The van der Waals surface area contributed by atoms with Crippen LogP contribution in [0.15, 0.2) is 18.2 Å². The molecule has 0 saturated carbocycles. The van der Waals surface area contributed by atoms with Gasteiger partial charge in [-0.05, 0) is 31.0 Å². The number of fused-ring (bicyclic) bond motifs is 1. The molecular formula is C15H22O4. The summed E-state index contributed by atoms with van der Waals surface area (Å²) in [7, 11) is 1.62. The van der Waals surface area contributed by atoms with Gasteiger partial charge < -0.3 is 19.3 Å². The van der Waals surface area contributed by atoms with Gasteiger partial charge in [0.15, 0.2) is 11.5 Å². The highest BCUT2D eigenvalue weighted by Crippen LogP contribution is 2.37. The van der Waals surface area contributed by atoms with E-state index in [1.165, 1.54) is 0 Å². The third kappa shape index (κ3) is 2.85. The Labute approximate surface area is 114 Å². The van der Waals surface area contributed by atoms with Crippen molar-refractivity contribution in [1.29, 1.82) is 0 Å². The highest BCUT2D eigenvalue weighted by Gasteiger charge is 2.32. The number of hydrogen-bond donors (Lipinski definition) is 1. The Morgan fingerprint density at radius 2 is 2.00 bits per heavy atom. The maximum atomic E-state index is 10.5. The Bertz CT molecular complexity index is 426. The van der Waals surface area contributed by atoms with E-state index in [0.29, 0.717) is 19.0 Å². The highest BCUT2D eigenvalue weighted by molar-refractivity contribution is 5.44. The van der Waals surface area contributed by atoms with Crippen LogP contribution in [-0.2, 0) is 4.74 Å². The number of aliphatic hydroxyl groups is 1. The SMILES string of the molecule is CCC(C)(OC)C(O)c1ccc2c(c1)OCCCO2. The van der Waals surface area contributed by atoms with Crippen LogP contribution in [0.3, 0.4) is 0 Å². The Balaban J connectivity index is 2.28. The Morgan fingerprint density at radius 3 is 2.63 bits per heavy atom. The summed E-state index contributed by atoms with van der Waals surface area (Å²) in [4.78, 5) is 0. The Kier molecular flexibility index (Phi) is 4.32. The third-order valence-electron chi connectivity index (χ3n) is 3.83. The predicted octanol–water partition coefficient (Wildman–Crippen LogP) is 2.70. The molecule has 0 amide bonds. The Hall–Kier alpha value is -1.26. The minimum absolute atomic E-state index is 0.597. The minimum Gasteiger partial charge on any atom is -0.490 e. The lowest BCUT2D eigenvalue weighted by Crippen LogP contribution is -2.34. The van der Waals surface area contributed by atoms with Gasteiger partial charge in [0.1, 0.15) is 6.10 Å². The van der Waals surface area contributed by atoms with Gasteiger partial charge in [0.25, 0.3) is 0 Å². The maximum Gasteiger partial charge on any atom is 0.161 e. The molecule has 19 heavy (non-hydrogen) atoms. The lowest BCUT2D eigenvalue weighted by atomic mass is 9.90. The van der Waals surface area contributed by atoms with Crippen molar-refractivity contribution in [3.63, 3.8) is 0 Å². The van der Waals surface area contributed by atoms with Crippen LogP contribution in [0, 0.1) is 0 Å². The zero-order valence-corrected chi connectivity index (χ0v) is 11.8. The van der Waals surface area contributed by atoms with E-state index in [1.807, 2.05) is 32.0 Å². The summed E-state index contributed by atoms with van der Waals surface area (Å²) in [5.41, 5.74) is 0.190. The van der Waals surface area contributed by atoms with Gasteiger partial charge in [0.2, 0.25) is 0 Å². The molecule has 0 spiro atoms. The number of aliphatic hydroxyl groups excluding tert-OH is 1. The molecule has 1 aliphatic rings. The molecule has 1 aliphatic heterocycles. The molecule has 0 fully saturated rings. The van der Waals surface area contributed by atoms with Gasteiger partial charge in [-0.3, -0.25) is 0 Å². The normalized spacial score (nSPS) is 19.4. The first-order valence-electron chi connectivity index (χ1n) is 6.73. The molecule has 0 aromatic heterocycles. The molecule has 2 rings (SSSR count). The number of ether oxygens (including phenoxy) is 3. The average Bonchev–Trinajstić information content (AvgIpc) is 2.70. The molecule has 1 N–H and O–H groups in total. The van der Waals surface area contributed by atoms with E-state index in [9.17, 15) is 5.11 Å². The summed E-state index contributed by atoms with van der Waals surface area (Å²) in [6, 6.07) is 5.56. The zero-order valence-electron chi connectivity index (χ0n) is 11.8. The molecule has 0 aliphatic carbocycles. The largest absolute Gasteiger partial charge is 0.490 e. The van der Waals surface area contributed by atoms with E-state index >= 15 is 0 Å². The fourth-order valence-electron chi connectivity index (χ4n) is 2.15. The van der Waals surface area contributed by atoms with Crippen LogP contribution in [0.5, 0.6) is 11.5 Å². The maximum absolute atomic E-state index is 10.5.